The predicted octanol–water partition coefficient (Wildman–Crippen LogP) is 6.28. The predicted molar refractivity (Wildman–Crippen MR) is 91.5 cm³/mol. The van der Waals surface area contributed by atoms with Crippen LogP contribution in [0.5, 0.6) is 0 Å². The summed E-state index contributed by atoms with van der Waals surface area (Å²) >= 11 is 0. The summed E-state index contributed by atoms with van der Waals surface area (Å²) in [5, 5.41) is 0. The first-order valence-electron chi connectivity index (χ1n) is 9.42. The summed E-state index contributed by atoms with van der Waals surface area (Å²) in [6.07, 6.45) is 15.9. The molecule has 0 aromatic carbocycles. The van der Waals surface area contributed by atoms with E-state index in [-0.39, 0.29) is 11.9 Å². The van der Waals surface area contributed by atoms with Crippen molar-refractivity contribution in [1.82, 2.24) is 0 Å². The minimum Gasteiger partial charge on any atom is -0.465 e. The second kappa shape index (κ2) is 15.9. The molecule has 1 atom stereocenters. The van der Waals surface area contributed by atoms with Gasteiger partial charge in [-0.15, -0.1) is 0 Å². The van der Waals surface area contributed by atoms with E-state index < -0.39 is 0 Å². The first kappa shape index (κ1) is 20.5. The number of carbonyl (C=O) groups excluding carboxylic acids is 1. The third-order valence-electron chi connectivity index (χ3n) is 4.22. The molecule has 0 N–H and O–H groups in total. The lowest BCUT2D eigenvalue weighted by molar-refractivity contribution is -0.149. The van der Waals surface area contributed by atoms with Gasteiger partial charge in [0.1, 0.15) is 0 Å². The molecule has 1 unspecified atom stereocenters. The molecule has 21 heavy (non-hydrogen) atoms. The molecule has 0 spiro atoms. The molecule has 0 aliphatic heterocycles. The van der Waals surface area contributed by atoms with E-state index >= 15 is 0 Å². The summed E-state index contributed by atoms with van der Waals surface area (Å²) in [6, 6.07) is 0. The lowest BCUT2D eigenvalue weighted by Crippen LogP contribution is -2.17. The highest BCUT2D eigenvalue weighted by Gasteiger charge is 2.17. The van der Waals surface area contributed by atoms with Crippen LogP contribution in [0.15, 0.2) is 0 Å². The van der Waals surface area contributed by atoms with Crippen LogP contribution < -0.4 is 0 Å². The molecule has 0 bridgehead atoms. The zero-order valence-corrected chi connectivity index (χ0v) is 14.8. The number of carbonyl (C=O) groups is 1. The van der Waals surface area contributed by atoms with Crippen LogP contribution >= 0.6 is 0 Å². The first-order chi connectivity index (χ1) is 10.3. The Hall–Kier alpha value is -0.530. The molecular weight excluding hydrogens is 260 g/mol. The largest absolute Gasteiger partial charge is 0.465 e. The fourth-order valence-electron chi connectivity index (χ4n) is 2.66. The third-order valence-corrected chi connectivity index (χ3v) is 4.22. The smallest absolute Gasteiger partial charge is 0.308 e. The Balaban J connectivity index is 3.53. The van der Waals surface area contributed by atoms with Crippen LogP contribution in [0.3, 0.4) is 0 Å². The molecule has 0 aliphatic carbocycles. The van der Waals surface area contributed by atoms with Crippen molar-refractivity contribution < 1.29 is 9.53 Å². The van der Waals surface area contributed by atoms with Gasteiger partial charge in [-0.25, -0.2) is 0 Å². The molecule has 2 nitrogen and oxygen atoms in total. The van der Waals surface area contributed by atoms with Crippen LogP contribution in [0, 0.1) is 5.92 Å². The van der Waals surface area contributed by atoms with E-state index in [1.165, 1.54) is 57.8 Å². The van der Waals surface area contributed by atoms with Crippen LogP contribution in [0.1, 0.15) is 104 Å². The van der Waals surface area contributed by atoms with Crippen molar-refractivity contribution in [3.05, 3.63) is 0 Å². The Kier molecular flexibility index (Phi) is 15.5. The maximum Gasteiger partial charge on any atom is 0.308 e. The highest BCUT2D eigenvalue weighted by Crippen LogP contribution is 2.17. The van der Waals surface area contributed by atoms with Gasteiger partial charge in [-0.3, -0.25) is 4.79 Å². The van der Waals surface area contributed by atoms with Gasteiger partial charge in [0, 0.05) is 0 Å². The quantitative estimate of drug-likeness (QED) is 0.263. The Morgan fingerprint density at radius 3 is 1.86 bits per heavy atom. The van der Waals surface area contributed by atoms with Crippen molar-refractivity contribution in [3.8, 4) is 0 Å². The SMILES string of the molecule is CCCCCCCCCCC(CC)C(=O)OCCCCC. The molecule has 0 aromatic heterocycles. The van der Waals surface area contributed by atoms with Gasteiger partial charge < -0.3 is 4.74 Å². The monoisotopic (exact) mass is 298 g/mol. The molecule has 2 heteroatoms. The van der Waals surface area contributed by atoms with Gasteiger partial charge in [-0.05, 0) is 19.3 Å². The molecular formula is C19H38O2. The highest BCUT2D eigenvalue weighted by molar-refractivity contribution is 5.72. The molecule has 0 rings (SSSR count). The Morgan fingerprint density at radius 1 is 0.762 bits per heavy atom. The van der Waals surface area contributed by atoms with Crippen LogP contribution in [0.2, 0.25) is 0 Å². The van der Waals surface area contributed by atoms with Gasteiger partial charge in [0.25, 0.3) is 0 Å². The maximum absolute atomic E-state index is 12.0. The lowest BCUT2D eigenvalue weighted by Gasteiger charge is -2.14. The lowest BCUT2D eigenvalue weighted by atomic mass is 9.98. The number of hydrogen-bond acceptors (Lipinski definition) is 2. The molecule has 0 amide bonds. The average Bonchev–Trinajstić information content (AvgIpc) is 2.50. The molecule has 0 radical (unpaired) electrons. The zero-order chi connectivity index (χ0) is 15.8. The highest BCUT2D eigenvalue weighted by atomic mass is 16.5. The van der Waals surface area contributed by atoms with Gasteiger partial charge in [-0.1, -0.05) is 85.0 Å². The fourth-order valence-corrected chi connectivity index (χ4v) is 2.66. The Labute approximate surface area is 133 Å². The van der Waals surface area contributed by atoms with Crippen LogP contribution in [-0.4, -0.2) is 12.6 Å². The summed E-state index contributed by atoms with van der Waals surface area (Å²) in [6.45, 7) is 7.13. The first-order valence-corrected chi connectivity index (χ1v) is 9.42. The van der Waals surface area contributed by atoms with Crippen LogP contribution in [-0.2, 0) is 9.53 Å². The van der Waals surface area contributed by atoms with Crippen molar-refractivity contribution in [2.24, 2.45) is 5.92 Å². The molecule has 126 valence electrons. The van der Waals surface area contributed by atoms with Crippen LogP contribution in [0.25, 0.3) is 0 Å². The van der Waals surface area contributed by atoms with Crippen LogP contribution in [0.4, 0.5) is 0 Å². The van der Waals surface area contributed by atoms with Crippen molar-refractivity contribution in [2.45, 2.75) is 104 Å². The number of unbranched alkanes of at least 4 members (excludes halogenated alkanes) is 9. The van der Waals surface area contributed by atoms with E-state index in [0.29, 0.717) is 6.61 Å². The average molecular weight is 299 g/mol. The Morgan fingerprint density at radius 2 is 1.29 bits per heavy atom. The maximum atomic E-state index is 12.0. The van der Waals surface area contributed by atoms with Crippen molar-refractivity contribution in [1.29, 1.82) is 0 Å². The van der Waals surface area contributed by atoms with E-state index in [2.05, 4.69) is 20.8 Å². The van der Waals surface area contributed by atoms with E-state index in [9.17, 15) is 4.79 Å². The topological polar surface area (TPSA) is 26.3 Å². The van der Waals surface area contributed by atoms with E-state index in [1.54, 1.807) is 0 Å². The van der Waals surface area contributed by atoms with Crippen molar-refractivity contribution >= 4 is 5.97 Å². The summed E-state index contributed by atoms with van der Waals surface area (Å²) in [5.41, 5.74) is 0. The number of ether oxygens (including phenoxy) is 1. The molecule has 0 heterocycles. The number of hydrogen-bond donors (Lipinski definition) is 0. The van der Waals surface area contributed by atoms with Crippen molar-refractivity contribution in [3.63, 3.8) is 0 Å². The minimum absolute atomic E-state index is 0.0385. The molecule has 0 aliphatic rings. The standard InChI is InChI=1S/C19H38O2/c1-4-7-9-10-11-12-13-14-16-18(6-3)19(20)21-17-15-8-5-2/h18H,4-17H2,1-3H3. The zero-order valence-electron chi connectivity index (χ0n) is 14.8. The normalized spacial score (nSPS) is 12.3. The number of esters is 1. The van der Waals surface area contributed by atoms with Gasteiger partial charge in [0.2, 0.25) is 0 Å². The fraction of sp³-hybridized carbons (Fsp3) is 0.947. The van der Waals surface area contributed by atoms with E-state index in [0.717, 1.165) is 25.7 Å². The van der Waals surface area contributed by atoms with Gasteiger partial charge in [0.15, 0.2) is 0 Å². The summed E-state index contributed by atoms with van der Waals surface area (Å²) in [5.74, 6) is 0.170. The van der Waals surface area contributed by atoms with E-state index in [4.69, 9.17) is 4.74 Å². The van der Waals surface area contributed by atoms with Crippen molar-refractivity contribution in [2.75, 3.05) is 6.61 Å². The molecule has 0 saturated carbocycles. The molecule has 0 aromatic rings. The summed E-state index contributed by atoms with van der Waals surface area (Å²) < 4.78 is 5.38. The summed E-state index contributed by atoms with van der Waals surface area (Å²) in [4.78, 5) is 12.0. The third kappa shape index (κ3) is 12.9. The second-order valence-electron chi connectivity index (χ2n) is 6.24. The minimum atomic E-state index is 0.0385. The van der Waals surface area contributed by atoms with Gasteiger partial charge in [0.05, 0.1) is 12.5 Å². The summed E-state index contributed by atoms with van der Waals surface area (Å²) in [7, 11) is 0. The van der Waals surface area contributed by atoms with Gasteiger partial charge in [-0.2, -0.15) is 0 Å². The molecule has 0 fully saturated rings. The number of rotatable bonds is 15. The second-order valence-corrected chi connectivity index (χ2v) is 6.24. The van der Waals surface area contributed by atoms with E-state index in [1.807, 2.05) is 0 Å². The van der Waals surface area contributed by atoms with Gasteiger partial charge >= 0.3 is 5.97 Å². The molecule has 0 saturated heterocycles. The Bertz CT molecular complexity index is 226.